The van der Waals surface area contributed by atoms with Gasteiger partial charge >= 0.3 is 0 Å². The van der Waals surface area contributed by atoms with Crippen molar-refractivity contribution in [2.45, 2.75) is 19.9 Å². The van der Waals surface area contributed by atoms with Gasteiger partial charge in [0.15, 0.2) is 0 Å². The normalized spacial score (nSPS) is 13.2. The molecule has 1 aromatic carbocycles. The van der Waals surface area contributed by atoms with Crippen LogP contribution in [-0.4, -0.2) is 7.05 Å². The zero-order chi connectivity index (χ0) is 12.3. The molecule has 1 atom stereocenters. The van der Waals surface area contributed by atoms with Crippen molar-refractivity contribution in [2.75, 3.05) is 7.05 Å². The lowest BCUT2D eigenvalue weighted by molar-refractivity contribution is 0.333. The topological polar surface area (TPSA) is 35.8 Å². The third kappa shape index (κ3) is 2.37. The standard InChI is InChI=1S/C12H14F2N2/c1-12(2,7-15)11(16-3)9-6-8(13)4-5-10(9)14/h4-6,11,16H,1-3H3. The van der Waals surface area contributed by atoms with Crippen LogP contribution < -0.4 is 5.32 Å². The molecule has 0 saturated carbocycles. The summed E-state index contributed by atoms with van der Waals surface area (Å²) in [6, 6.07) is 4.79. The fourth-order valence-corrected chi connectivity index (χ4v) is 1.71. The minimum absolute atomic E-state index is 0.175. The molecule has 1 aromatic rings. The van der Waals surface area contributed by atoms with Gasteiger partial charge in [-0.15, -0.1) is 0 Å². The van der Waals surface area contributed by atoms with E-state index in [0.29, 0.717) is 0 Å². The van der Waals surface area contributed by atoms with E-state index in [9.17, 15) is 8.78 Å². The number of nitriles is 1. The maximum atomic E-state index is 13.6. The second kappa shape index (κ2) is 4.58. The second-order valence-corrected chi connectivity index (χ2v) is 4.22. The largest absolute Gasteiger partial charge is 0.312 e. The highest BCUT2D eigenvalue weighted by molar-refractivity contribution is 5.26. The molecule has 1 unspecified atom stereocenters. The molecule has 4 heteroatoms. The van der Waals surface area contributed by atoms with Gasteiger partial charge in [0.1, 0.15) is 11.6 Å². The van der Waals surface area contributed by atoms with Crippen molar-refractivity contribution in [3.63, 3.8) is 0 Å². The summed E-state index contributed by atoms with van der Waals surface area (Å²) in [4.78, 5) is 0. The third-order valence-electron chi connectivity index (χ3n) is 2.57. The van der Waals surface area contributed by atoms with Gasteiger partial charge in [-0.1, -0.05) is 0 Å². The Kier molecular flexibility index (Phi) is 3.61. The van der Waals surface area contributed by atoms with E-state index >= 15 is 0 Å². The summed E-state index contributed by atoms with van der Waals surface area (Å²) in [5.74, 6) is -1.02. The Labute approximate surface area is 93.9 Å². The first-order valence-electron chi connectivity index (χ1n) is 4.96. The van der Waals surface area contributed by atoms with Gasteiger partial charge in [0.05, 0.1) is 17.5 Å². The third-order valence-corrected chi connectivity index (χ3v) is 2.57. The van der Waals surface area contributed by atoms with Crippen molar-refractivity contribution in [2.24, 2.45) is 5.41 Å². The Bertz CT molecular complexity index is 422. The van der Waals surface area contributed by atoms with Crippen LogP contribution in [0.4, 0.5) is 8.78 Å². The zero-order valence-corrected chi connectivity index (χ0v) is 9.51. The van der Waals surface area contributed by atoms with E-state index in [-0.39, 0.29) is 5.56 Å². The Morgan fingerprint density at radius 1 is 1.38 bits per heavy atom. The van der Waals surface area contributed by atoms with Crippen LogP contribution in [0.3, 0.4) is 0 Å². The van der Waals surface area contributed by atoms with Gasteiger partial charge in [0.25, 0.3) is 0 Å². The van der Waals surface area contributed by atoms with E-state index < -0.39 is 23.1 Å². The van der Waals surface area contributed by atoms with Crippen molar-refractivity contribution in [3.8, 4) is 6.07 Å². The molecule has 0 radical (unpaired) electrons. The summed E-state index contributed by atoms with van der Waals surface area (Å²) in [6.45, 7) is 3.36. The molecule has 0 fully saturated rings. The molecule has 0 aliphatic carbocycles. The van der Waals surface area contributed by atoms with Gasteiger partial charge in [-0.05, 0) is 39.1 Å². The summed E-state index contributed by atoms with van der Waals surface area (Å²) in [5, 5.41) is 11.9. The lowest BCUT2D eigenvalue weighted by Crippen LogP contribution is -2.31. The Morgan fingerprint density at radius 2 is 2.00 bits per heavy atom. The van der Waals surface area contributed by atoms with Crippen molar-refractivity contribution in [1.82, 2.24) is 5.32 Å². The molecule has 86 valence electrons. The fraction of sp³-hybridized carbons (Fsp3) is 0.417. The first kappa shape index (κ1) is 12.6. The van der Waals surface area contributed by atoms with E-state index in [0.717, 1.165) is 18.2 Å². The van der Waals surface area contributed by atoms with Crippen LogP contribution in [-0.2, 0) is 0 Å². The quantitative estimate of drug-likeness (QED) is 0.856. The van der Waals surface area contributed by atoms with E-state index in [1.54, 1.807) is 20.9 Å². The Morgan fingerprint density at radius 3 is 2.50 bits per heavy atom. The first-order chi connectivity index (χ1) is 7.42. The molecule has 0 amide bonds. The van der Waals surface area contributed by atoms with Crippen molar-refractivity contribution in [1.29, 1.82) is 5.26 Å². The van der Waals surface area contributed by atoms with E-state index in [1.807, 2.05) is 0 Å². The first-order valence-corrected chi connectivity index (χ1v) is 4.96. The molecule has 0 saturated heterocycles. The maximum absolute atomic E-state index is 13.6. The van der Waals surface area contributed by atoms with Crippen LogP contribution in [0, 0.1) is 28.4 Å². The number of nitrogens with one attached hydrogen (secondary N) is 1. The highest BCUT2D eigenvalue weighted by atomic mass is 19.1. The maximum Gasteiger partial charge on any atom is 0.128 e. The van der Waals surface area contributed by atoms with Crippen LogP contribution >= 0.6 is 0 Å². The highest BCUT2D eigenvalue weighted by Crippen LogP contribution is 2.33. The number of nitrogens with zero attached hydrogens (tertiary/aromatic N) is 1. The predicted molar refractivity (Wildman–Crippen MR) is 57.6 cm³/mol. The molecule has 16 heavy (non-hydrogen) atoms. The van der Waals surface area contributed by atoms with Crippen LogP contribution in [0.15, 0.2) is 18.2 Å². The van der Waals surface area contributed by atoms with E-state index in [2.05, 4.69) is 11.4 Å². The molecule has 2 nitrogen and oxygen atoms in total. The molecule has 0 heterocycles. The Balaban J connectivity index is 3.25. The Hall–Kier alpha value is -1.47. The zero-order valence-electron chi connectivity index (χ0n) is 9.51. The lowest BCUT2D eigenvalue weighted by Gasteiger charge is -2.28. The lowest BCUT2D eigenvalue weighted by atomic mass is 9.81. The molecule has 0 bridgehead atoms. The molecule has 1 N–H and O–H groups in total. The summed E-state index contributed by atoms with van der Waals surface area (Å²) >= 11 is 0. The molecule has 0 spiro atoms. The summed E-state index contributed by atoms with van der Waals surface area (Å²) in [6.07, 6.45) is 0. The van der Waals surface area contributed by atoms with Crippen LogP contribution in [0.25, 0.3) is 0 Å². The summed E-state index contributed by atoms with van der Waals surface area (Å²) in [7, 11) is 1.62. The van der Waals surface area contributed by atoms with Gasteiger partial charge < -0.3 is 5.32 Å². The predicted octanol–water partition coefficient (Wildman–Crippen LogP) is 2.78. The van der Waals surface area contributed by atoms with E-state index in [1.165, 1.54) is 0 Å². The van der Waals surface area contributed by atoms with Crippen LogP contribution in [0.1, 0.15) is 25.5 Å². The van der Waals surface area contributed by atoms with Gasteiger partial charge in [0, 0.05) is 5.56 Å². The molecule has 0 aliphatic heterocycles. The van der Waals surface area contributed by atoms with E-state index in [4.69, 9.17) is 5.26 Å². The second-order valence-electron chi connectivity index (χ2n) is 4.22. The average molecular weight is 224 g/mol. The highest BCUT2D eigenvalue weighted by Gasteiger charge is 2.31. The SMILES string of the molecule is CNC(c1cc(F)ccc1F)C(C)(C)C#N. The van der Waals surface area contributed by atoms with Gasteiger partial charge in [-0.3, -0.25) is 0 Å². The molecule has 1 rings (SSSR count). The minimum atomic E-state index is -0.816. The smallest absolute Gasteiger partial charge is 0.128 e. The monoisotopic (exact) mass is 224 g/mol. The number of rotatable bonds is 3. The number of hydrogen-bond donors (Lipinski definition) is 1. The number of benzene rings is 1. The van der Waals surface area contributed by atoms with Gasteiger partial charge in [-0.2, -0.15) is 5.26 Å². The summed E-state index contributed by atoms with van der Waals surface area (Å²) in [5.41, 5.74) is -0.641. The van der Waals surface area contributed by atoms with Crippen LogP contribution in [0.2, 0.25) is 0 Å². The van der Waals surface area contributed by atoms with Crippen molar-refractivity contribution < 1.29 is 8.78 Å². The molecular weight excluding hydrogens is 210 g/mol. The molecule has 0 aliphatic rings. The van der Waals surface area contributed by atoms with Gasteiger partial charge in [0.2, 0.25) is 0 Å². The summed E-state index contributed by atoms with van der Waals surface area (Å²) < 4.78 is 26.6. The van der Waals surface area contributed by atoms with Crippen molar-refractivity contribution >= 4 is 0 Å². The number of hydrogen-bond acceptors (Lipinski definition) is 2. The molecule has 0 aromatic heterocycles. The minimum Gasteiger partial charge on any atom is -0.312 e. The fourth-order valence-electron chi connectivity index (χ4n) is 1.71. The number of halogens is 2. The average Bonchev–Trinajstić information content (AvgIpc) is 2.24. The van der Waals surface area contributed by atoms with Gasteiger partial charge in [-0.25, -0.2) is 8.78 Å². The van der Waals surface area contributed by atoms with Crippen molar-refractivity contribution in [3.05, 3.63) is 35.4 Å². The van der Waals surface area contributed by atoms with Crippen LogP contribution in [0.5, 0.6) is 0 Å². The molecular formula is C12H14F2N2.